The van der Waals surface area contributed by atoms with Crippen LogP contribution in [0.15, 0.2) is 57.9 Å². The second-order valence-electron chi connectivity index (χ2n) is 7.54. The number of aliphatic imine (C=N–C) groups is 1. The molecule has 31 heavy (non-hydrogen) atoms. The number of aromatic nitrogens is 3. The molecule has 0 radical (unpaired) electrons. The zero-order valence-corrected chi connectivity index (χ0v) is 18.7. The Labute approximate surface area is 183 Å². The van der Waals surface area contributed by atoms with Gasteiger partial charge in [-0.25, -0.2) is 4.98 Å². The maximum atomic E-state index is 12.0. The molecular formula is C24H30N6O. The number of hydrogen-bond acceptors (Lipinski definition) is 6. The van der Waals surface area contributed by atoms with E-state index in [1.165, 1.54) is 11.6 Å². The standard InChI is InChI=1S/C24H30N6O/c1-5-6-22(17(2)11-23-27-9-7-24(31)29(23)4)30-10-8-21-19(16-30)12-18(15-28-21)20(13-25)14-26-3/h6-7,9,11-15H,5,8,10,16,25H2,1-4H3/b17-11-,20-13+,22-6-,26-14?. The van der Waals surface area contributed by atoms with Crippen molar-refractivity contribution in [2.75, 3.05) is 13.6 Å². The van der Waals surface area contributed by atoms with Crippen molar-refractivity contribution in [2.24, 2.45) is 17.8 Å². The van der Waals surface area contributed by atoms with Crippen LogP contribution in [0.3, 0.4) is 0 Å². The van der Waals surface area contributed by atoms with Crippen molar-refractivity contribution in [3.05, 3.63) is 81.1 Å². The molecule has 0 atom stereocenters. The molecular weight excluding hydrogens is 388 g/mol. The Morgan fingerprint density at radius 2 is 2.16 bits per heavy atom. The van der Waals surface area contributed by atoms with Crippen molar-refractivity contribution < 1.29 is 0 Å². The fraction of sp³-hybridized carbons (Fsp3) is 0.333. The van der Waals surface area contributed by atoms with Crippen LogP contribution in [0.25, 0.3) is 11.6 Å². The van der Waals surface area contributed by atoms with Crippen molar-refractivity contribution in [2.45, 2.75) is 33.2 Å². The van der Waals surface area contributed by atoms with Gasteiger partial charge in [-0.2, -0.15) is 0 Å². The van der Waals surface area contributed by atoms with Crippen molar-refractivity contribution in [3.63, 3.8) is 0 Å². The lowest BCUT2D eigenvalue weighted by molar-refractivity contribution is 0.324. The summed E-state index contributed by atoms with van der Waals surface area (Å²) < 4.78 is 1.56. The monoisotopic (exact) mass is 418 g/mol. The Morgan fingerprint density at radius 3 is 2.87 bits per heavy atom. The maximum Gasteiger partial charge on any atom is 0.253 e. The molecule has 0 spiro atoms. The quantitative estimate of drug-likeness (QED) is 0.575. The first-order valence-electron chi connectivity index (χ1n) is 10.5. The van der Waals surface area contributed by atoms with Gasteiger partial charge in [0.1, 0.15) is 5.82 Å². The number of allylic oxidation sites excluding steroid dienone is 3. The number of nitrogens with zero attached hydrogens (tertiary/aromatic N) is 5. The molecule has 7 heteroatoms. The van der Waals surface area contributed by atoms with Crippen LogP contribution in [-0.2, 0) is 20.0 Å². The molecule has 1 aliphatic heterocycles. The lowest BCUT2D eigenvalue weighted by Gasteiger charge is -2.33. The summed E-state index contributed by atoms with van der Waals surface area (Å²) in [6.07, 6.45) is 12.7. The second kappa shape index (κ2) is 10.0. The minimum Gasteiger partial charge on any atom is -0.404 e. The molecule has 2 N–H and O–H groups in total. The molecule has 0 unspecified atom stereocenters. The third-order valence-electron chi connectivity index (χ3n) is 5.41. The number of hydrogen-bond donors (Lipinski definition) is 1. The molecule has 3 rings (SSSR count). The molecule has 0 saturated carbocycles. The van der Waals surface area contributed by atoms with Crippen LogP contribution in [0.1, 0.15) is 42.9 Å². The molecule has 0 aliphatic carbocycles. The summed E-state index contributed by atoms with van der Waals surface area (Å²) in [6, 6.07) is 3.62. The number of nitrogens with two attached hydrogens (primary N) is 1. The van der Waals surface area contributed by atoms with Gasteiger partial charge in [0, 0.05) is 87.0 Å². The molecule has 3 heterocycles. The van der Waals surface area contributed by atoms with Crippen LogP contribution in [0.5, 0.6) is 0 Å². The summed E-state index contributed by atoms with van der Waals surface area (Å²) in [6.45, 7) is 5.84. The van der Waals surface area contributed by atoms with E-state index in [9.17, 15) is 4.79 Å². The van der Waals surface area contributed by atoms with E-state index in [2.05, 4.69) is 45.9 Å². The largest absolute Gasteiger partial charge is 0.404 e. The van der Waals surface area contributed by atoms with Gasteiger partial charge < -0.3 is 10.6 Å². The van der Waals surface area contributed by atoms with Crippen molar-refractivity contribution in [3.8, 4) is 0 Å². The van der Waals surface area contributed by atoms with Crippen LogP contribution >= 0.6 is 0 Å². The van der Waals surface area contributed by atoms with Crippen LogP contribution < -0.4 is 11.3 Å². The van der Waals surface area contributed by atoms with E-state index in [4.69, 9.17) is 5.73 Å². The van der Waals surface area contributed by atoms with Crippen LogP contribution in [-0.4, -0.2) is 39.2 Å². The number of fused-ring (bicyclic) bond motifs is 1. The molecule has 2 aromatic heterocycles. The highest BCUT2D eigenvalue weighted by Gasteiger charge is 2.21. The first-order valence-corrected chi connectivity index (χ1v) is 10.5. The van der Waals surface area contributed by atoms with E-state index in [1.54, 1.807) is 37.3 Å². The average molecular weight is 419 g/mol. The van der Waals surface area contributed by atoms with Gasteiger partial charge in [-0.3, -0.25) is 19.3 Å². The van der Waals surface area contributed by atoms with Gasteiger partial charge in [0.25, 0.3) is 5.56 Å². The first kappa shape index (κ1) is 22.2. The normalized spacial score (nSPS) is 15.5. The predicted molar refractivity (Wildman–Crippen MR) is 126 cm³/mol. The molecule has 0 bridgehead atoms. The minimum atomic E-state index is -0.0695. The summed E-state index contributed by atoms with van der Waals surface area (Å²) in [5, 5.41) is 0. The highest BCUT2D eigenvalue weighted by atomic mass is 16.1. The molecule has 162 valence electrons. The maximum absolute atomic E-state index is 12.0. The third-order valence-corrected chi connectivity index (χ3v) is 5.41. The van der Waals surface area contributed by atoms with E-state index in [0.29, 0.717) is 5.82 Å². The van der Waals surface area contributed by atoms with Crippen LogP contribution in [0.2, 0.25) is 0 Å². The Hall–Kier alpha value is -3.48. The predicted octanol–water partition coefficient (Wildman–Crippen LogP) is 2.93. The Balaban J connectivity index is 1.93. The third kappa shape index (κ3) is 4.99. The second-order valence-corrected chi connectivity index (χ2v) is 7.54. The fourth-order valence-corrected chi connectivity index (χ4v) is 3.77. The Kier molecular flexibility index (Phi) is 7.18. The average Bonchev–Trinajstić information content (AvgIpc) is 2.78. The molecule has 2 aromatic rings. The number of pyridine rings is 1. The van der Waals surface area contributed by atoms with Crippen molar-refractivity contribution in [1.82, 2.24) is 19.4 Å². The summed E-state index contributed by atoms with van der Waals surface area (Å²) in [5.41, 5.74) is 12.1. The SMILES string of the molecule is CC/C=C(/C(C)=C\c1nccc(=O)n1C)N1CCc2ncc(/C(C=NC)=C/N)cc2C1. The van der Waals surface area contributed by atoms with E-state index >= 15 is 0 Å². The van der Waals surface area contributed by atoms with Gasteiger partial charge in [-0.1, -0.05) is 13.0 Å². The van der Waals surface area contributed by atoms with Crippen LogP contribution in [0, 0.1) is 0 Å². The van der Waals surface area contributed by atoms with E-state index in [0.717, 1.165) is 54.0 Å². The van der Waals surface area contributed by atoms with Crippen molar-refractivity contribution >= 4 is 17.9 Å². The summed E-state index contributed by atoms with van der Waals surface area (Å²) >= 11 is 0. The van der Waals surface area contributed by atoms with Crippen LogP contribution in [0.4, 0.5) is 0 Å². The summed E-state index contributed by atoms with van der Waals surface area (Å²) in [7, 11) is 3.47. The highest BCUT2D eigenvalue weighted by molar-refractivity contribution is 6.09. The molecule has 0 saturated heterocycles. The minimum absolute atomic E-state index is 0.0695. The molecule has 0 amide bonds. The summed E-state index contributed by atoms with van der Waals surface area (Å²) in [5.74, 6) is 0.643. The van der Waals surface area contributed by atoms with Gasteiger partial charge in [-0.05, 0) is 36.6 Å². The zero-order chi connectivity index (χ0) is 22.4. The van der Waals surface area contributed by atoms with Gasteiger partial charge in [-0.15, -0.1) is 0 Å². The van der Waals surface area contributed by atoms with Gasteiger partial charge in [0.05, 0.1) is 0 Å². The number of rotatable bonds is 6. The Morgan fingerprint density at radius 1 is 1.35 bits per heavy atom. The fourth-order valence-electron chi connectivity index (χ4n) is 3.77. The lowest BCUT2D eigenvalue weighted by atomic mass is 9.99. The molecule has 0 fully saturated rings. The van der Waals surface area contributed by atoms with Crippen molar-refractivity contribution in [1.29, 1.82) is 0 Å². The molecule has 1 aliphatic rings. The van der Waals surface area contributed by atoms with E-state index in [-0.39, 0.29) is 5.56 Å². The van der Waals surface area contributed by atoms with Gasteiger partial charge in [0.2, 0.25) is 0 Å². The highest BCUT2D eigenvalue weighted by Crippen LogP contribution is 2.27. The zero-order valence-electron chi connectivity index (χ0n) is 18.7. The van der Waals surface area contributed by atoms with Gasteiger partial charge >= 0.3 is 0 Å². The smallest absolute Gasteiger partial charge is 0.253 e. The molecule has 7 nitrogen and oxygen atoms in total. The lowest BCUT2D eigenvalue weighted by Crippen LogP contribution is -2.31. The topological polar surface area (TPSA) is 89.4 Å². The Bertz CT molecular complexity index is 1120. The van der Waals surface area contributed by atoms with Gasteiger partial charge in [0.15, 0.2) is 0 Å². The van der Waals surface area contributed by atoms with E-state index < -0.39 is 0 Å². The first-order chi connectivity index (χ1) is 15.0. The van der Waals surface area contributed by atoms with E-state index in [1.807, 2.05) is 12.3 Å². The molecule has 0 aromatic carbocycles. The summed E-state index contributed by atoms with van der Waals surface area (Å²) in [4.78, 5) is 27.4.